The zero-order chi connectivity index (χ0) is 29.9. The number of hydrogen-bond donors (Lipinski definition) is 0. The minimum Gasteiger partial charge on any atom is -0.134 e. The highest BCUT2D eigenvalue weighted by atomic mass is 79.9. The van der Waals surface area contributed by atoms with Gasteiger partial charge in [-0.25, -0.2) is 0 Å². The maximum Gasteiger partial charge on any atom is 0.0708 e. The Hall–Kier alpha value is -2.72. The van der Waals surface area contributed by atoms with E-state index < -0.39 is 0 Å². The predicted octanol–water partition coefficient (Wildman–Crippen LogP) is 13.7. The normalized spacial score (nSPS) is 11.1. The molecule has 0 aliphatic carbocycles. The minimum absolute atomic E-state index is 1.15. The number of benzene rings is 3. The lowest BCUT2D eigenvalue weighted by Gasteiger charge is -2.10. The molecule has 43 heavy (non-hydrogen) atoms. The number of aryl methyl sites for hydroxylation is 2. The van der Waals surface area contributed by atoms with Crippen LogP contribution in [0, 0.1) is 0 Å². The maximum absolute atomic E-state index is 3.81. The lowest BCUT2D eigenvalue weighted by atomic mass is 9.95. The summed E-state index contributed by atoms with van der Waals surface area (Å²) < 4.78 is 1.25. The van der Waals surface area contributed by atoms with Gasteiger partial charge in [-0.3, -0.25) is 0 Å². The molecule has 222 valence electrons. The molecule has 0 spiro atoms. The first-order valence-corrected chi connectivity index (χ1v) is 18.4. The van der Waals surface area contributed by atoms with E-state index in [0.29, 0.717) is 0 Å². The van der Waals surface area contributed by atoms with E-state index in [1.807, 2.05) is 22.7 Å². The van der Waals surface area contributed by atoms with Crippen molar-refractivity contribution in [2.45, 2.75) is 78.1 Å². The Bertz CT molecular complexity index is 1530. The fourth-order valence-electron chi connectivity index (χ4n) is 5.71. The average molecular weight is 668 g/mol. The van der Waals surface area contributed by atoms with Crippen molar-refractivity contribution in [3.63, 3.8) is 0 Å². The van der Waals surface area contributed by atoms with E-state index in [4.69, 9.17) is 0 Å². The summed E-state index contributed by atoms with van der Waals surface area (Å²) in [5.74, 6) is 0. The lowest BCUT2D eigenvalue weighted by Crippen LogP contribution is -1.89. The van der Waals surface area contributed by atoms with E-state index in [1.165, 1.54) is 115 Å². The molecule has 0 atom stereocenters. The number of hydrogen-bond acceptors (Lipinski definition) is 2. The molecule has 0 saturated heterocycles. The third-order valence-corrected chi connectivity index (χ3v) is 11.2. The fraction of sp³-hybridized carbons (Fsp3) is 0.300. The van der Waals surface area contributed by atoms with Gasteiger partial charge in [-0.2, -0.15) is 0 Å². The van der Waals surface area contributed by atoms with Gasteiger partial charge in [0.2, 0.25) is 0 Å². The van der Waals surface area contributed by atoms with Gasteiger partial charge in [0.05, 0.1) is 3.79 Å². The fourth-order valence-corrected chi connectivity index (χ4v) is 8.76. The predicted molar refractivity (Wildman–Crippen MR) is 196 cm³/mol. The lowest BCUT2D eigenvalue weighted by molar-refractivity contribution is 0.667. The van der Waals surface area contributed by atoms with Gasteiger partial charge in [-0.1, -0.05) is 137 Å². The van der Waals surface area contributed by atoms with Crippen LogP contribution in [0.25, 0.3) is 31.8 Å². The summed E-state index contributed by atoms with van der Waals surface area (Å²) in [5.41, 5.74) is 9.30. The summed E-state index contributed by atoms with van der Waals surface area (Å²) in [4.78, 5) is 4.33. The van der Waals surface area contributed by atoms with Crippen LogP contribution in [-0.4, -0.2) is 0 Å². The third-order valence-electron chi connectivity index (χ3n) is 8.06. The monoisotopic (exact) mass is 666 g/mol. The number of halogens is 1. The molecule has 2 heterocycles. The molecule has 0 aliphatic heterocycles. The molecule has 0 radical (unpaired) electrons. The van der Waals surface area contributed by atoms with Crippen LogP contribution in [0.2, 0.25) is 0 Å². The third kappa shape index (κ3) is 8.69. The van der Waals surface area contributed by atoms with Crippen molar-refractivity contribution in [1.29, 1.82) is 0 Å². The molecule has 5 aromatic rings. The highest BCUT2D eigenvalue weighted by Gasteiger charge is 2.17. The van der Waals surface area contributed by atoms with Crippen LogP contribution >= 0.6 is 38.6 Å². The van der Waals surface area contributed by atoms with Gasteiger partial charge in [-0.05, 0) is 98.8 Å². The van der Waals surface area contributed by atoms with E-state index in [0.717, 1.165) is 6.42 Å². The van der Waals surface area contributed by atoms with Crippen LogP contribution in [-0.2, 0) is 12.8 Å². The van der Waals surface area contributed by atoms with Gasteiger partial charge in [0.15, 0.2) is 0 Å². The van der Waals surface area contributed by atoms with Crippen LogP contribution in [0.4, 0.5) is 0 Å². The molecule has 3 heteroatoms. The highest BCUT2D eigenvalue weighted by Crippen LogP contribution is 2.45. The topological polar surface area (TPSA) is 0 Å². The Morgan fingerprint density at radius 2 is 1.16 bits per heavy atom. The second kappa shape index (κ2) is 16.4. The van der Waals surface area contributed by atoms with Crippen molar-refractivity contribution in [1.82, 2.24) is 0 Å². The largest absolute Gasteiger partial charge is 0.134 e. The van der Waals surface area contributed by atoms with Gasteiger partial charge in [-0.15, -0.1) is 22.7 Å². The summed E-state index contributed by atoms with van der Waals surface area (Å²) in [7, 11) is 0. The average Bonchev–Trinajstić information content (AvgIpc) is 3.64. The molecule has 0 N–H and O–H groups in total. The summed E-state index contributed by atoms with van der Waals surface area (Å²) in [6, 6.07) is 35.6. The molecule has 0 amide bonds. The zero-order valence-electron chi connectivity index (χ0n) is 25.6. The van der Waals surface area contributed by atoms with Crippen LogP contribution < -0.4 is 0 Å². The minimum atomic E-state index is 1.15. The molecule has 0 bridgehead atoms. The van der Waals surface area contributed by atoms with Crippen molar-refractivity contribution in [3.8, 4) is 20.2 Å². The first-order valence-electron chi connectivity index (χ1n) is 16.0. The van der Waals surface area contributed by atoms with Gasteiger partial charge in [0.25, 0.3) is 0 Å². The Morgan fingerprint density at radius 1 is 0.605 bits per heavy atom. The standard InChI is InChI=1S/C40H43BrS2/c1-3-5-7-11-21-34-28-37(40-35(29-38(41)43-40)22-12-8-6-4-2)42-39(34)33-25-23-30(24-26-33)27-36(31-17-13-9-14-18-31)32-19-15-10-16-20-32/h9-10,13-20,23-29H,3-8,11-12,21-22H2,1-2H3. The molecular weight excluding hydrogens is 624 g/mol. The van der Waals surface area contributed by atoms with E-state index in [-0.39, 0.29) is 0 Å². The van der Waals surface area contributed by atoms with Gasteiger partial charge in [0, 0.05) is 14.6 Å². The molecule has 0 saturated carbocycles. The van der Waals surface area contributed by atoms with E-state index in [1.54, 1.807) is 0 Å². The van der Waals surface area contributed by atoms with Gasteiger partial charge in [0.1, 0.15) is 0 Å². The number of rotatable bonds is 15. The first-order chi connectivity index (χ1) is 21.2. The maximum atomic E-state index is 3.81. The van der Waals surface area contributed by atoms with Crippen LogP contribution in [0.5, 0.6) is 0 Å². The molecule has 0 nitrogen and oxygen atoms in total. The van der Waals surface area contributed by atoms with Crippen molar-refractivity contribution in [3.05, 3.63) is 129 Å². The van der Waals surface area contributed by atoms with Gasteiger partial charge < -0.3 is 0 Å². The van der Waals surface area contributed by atoms with Crippen molar-refractivity contribution < 1.29 is 0 Å². The SMILES string of the molecule is CCCCCCc1cc(-c2sc(Br)cc2CCCCCC)sc1-c1ccc(C=C(c2ccccc2)c2ccccc2)cc1. The van der Waals surface area contributed by atoms with Crippen LogP contribution in [0.15, 0.2) is 101 Å². The Balaban J connectivity index is 1.46. The van der Waals surface area contributed by atoms with Gasteiger partial charge >= 0.3 is 0 Å². The van der Waals surface area contributed by atoms with Crippen LogP contribution in [0.1, 0.15) is 93.0 Å². The molecule has 2 aromatic heterocycles. The zero-order valence-corrected chi connectivity index (χ0v) is 28.8. The van der Waals surface area contributed by atoms with Crippen molar-refractivity contribution >= 4 is 50.3 Å². The molecule has 5 rings (SSSR count). The Labute approximate surface area is 275 Å². The molecule has 0 fully saturated rings. The summed E-state index contributed by atoms with van der Waals surface area (Å²) in [6.45, 7) is 4.58. The van der Waals surface area contributed by atoms with Crippen LogP contribution in [0.3, 0.4) is 0 Å². The molecule has 0 unspecified atom stereocenters. The number of thiophene rings is 2. The summed E-state index contributed by atoms with van der Waals surface area (Å²) >= 11 is 7.70. The first kappa shape index (κ1) is 31.7. The molecule has 3 aromatic carbocycles. The van der Waals surface area contributed by atoms with E-state index in [9.17, 15) is 0 Å². The quantitative estimate of drug-likeness (QED) is 0.0770. The Morgan fingerprint density at radius 3 is 1.72 bits per heavy atom. The van der Waals surface area contributed by atoms with Crippen molar-refractivity contribution in [2.24, 2.45) is 0 Å². The second-order valence-corrected chi connectivity index (χ2v) is 14.9. The smallest absolute Gasteiger partial charge is 0.0708 e. The molecular formula is C40H43BrS2. The Kier molecular flexibility index (Phi) is 12.1. The van der Waals surface area contributed by atoms with Crippen molar-refractivity contribution in [2.75, 3.05) is 0 Å². The summed E-state index contributed by atoms with van der Waals surface area (Å²) in [5, 5.41) is 0. The second-order valence-electron chi connectivity index (χ2n) is 11.4. The summed E-state index contributed by atoms with van der Waals surface area (Å²) in [6.07, 6.45) is 15.0. The van der Waals surface area contributed by atoms with E-state index >= 15 is 0 Å². The molecule has 0 aliphatic rings. The highest BCUT2D eigenvalue weighted by molar-refractivity contribution is 9.11. The van der Waals surface area contributed by atoms with E-state index in [2.05, 4.69) is 133 Å². The number of unbranched alkanes of at least 4 members (excludes halogenated alkanes) is 6.